The average Bonchev–Trinajstić information content (AvgIpc) is 2.88. The predicted molar refractivity (Wildman–Crippen MR) is 74.2 cm³/mol. The van der Waals surface area contributed by atoms with Crippen molar-refractivity contribution in [1.82, 2.24) is 4.31 Å². The van der Waals surface area contributed by atoms with E-state index in [1.165, 1.54) is 29.4 Å². The Morgan fingerprint density at radius 3 is 2.57 bits per heavy atom. The molecule has 1 heterocycles. The summed E-state index contributed by atoms with van der Waals surface area (Å²) in [5.41, 5.74) is 5.33. The van der Waals surface area contributed by atoms with Crippen LogP contribution in [-0.2, 0) is 14.8 Å². The van der Waals surface area contributed by atoms with Gasteiger partial charge >= 0.3 is 5.97 Å². The number of hydrogen-bond acceptors (Lipinski definition) is 4. The Morgan fingerprint density at radius 1 is 1.38 bits per heavy atom. The first-order valence-electron chi connectivity index (χ1n) is 6.37. The van der Waals surface area contributed by atoms with E-state index >= 15 is 0 Å². The van der Waals surface area contributed by atoms with Gasteiger partial charge in [-0.05, 0) is 31.0 Å². The maximum absolute atomic E-state index is 12.6. The van der Waals surface area contributed by atoms with E-state index in [0.717, 1.165) is 0 Å². The molecule has 114 valence electrons. The summed E-state index contributed by atoms with van der Waals surface area (Å²) in [6.07, 6.45) is 0.381. The van der Waals surface area contributed by atoms with Crippen molar-refractivity contribution in [1.29, 1.82) is 0 Å². The van der Waals surface area contributed by atoms with Crippen molar-refractivity contribution in [2.24, 2.45) is 11.7 Å². The van der Waals surface area contributed by atoms with Crippen molar-refractivity contribution in [2.45, 2.75) is 18.2 Å². The van der Waals surface area contributed by atoms with E-state index in [4.69, 9.17) is 10.8 Å². The molecule has 1 fully saturated rings. The van der Waals surface area contributed by atoms with Gasteiger partial charge in [-0.3, -0.25) is 4.79 Å². The molecule has 7 nitrogen and oxygen atoms in total. The molecule has 1 aromatic carbocycles. The van der Waals surface area contributed by atoms with Gasteiger partial charge in [-0.15, -0.1) is 0 Å². The number of carboxylic acid groups (broad SMARTS) is 1. The van der Waals surface area contributed by atoms with Crippen LogP contribution in [-0.4, -0.2) is 42.8 Å². The quantitative estimate of drug-likeness (QED) is 0.822. The van der Waals surface area contributed by atoms with Crippen LogP contribution in [0.2, 0.25) is 0 Å². The van der Waals surface area contributed by atoms with Crippen LogP contribution in [0.3, 0.4) is 0 Å². The fourth-order valence-corrected chi connectivity index (χ4v) is 4.19. The molecular formula is C13H16N2O5S. The number of nitrogens with two attached hydrogens (primary N) is 1. The first kappa shape index (κ1) is 15.5. The lowest BCUT2D eigenvalue weighted by molar-refractivity contribution is -0.121. The molecule has 1 unspecified atom stereocenters. The zero-order valence-electron chi connectivity index (χ0n) is 11.4. The molecule has 0 aliphatic carbocycles. The van der Waals surface area contributed by atoms with E-state index in [2.05, 4.69) is 0 Å². The highest BCUT2D eigenvalue weighted by atomic mass is 32.2. The van der Waals surface area contributed by atoms with Crippen LogP contribution in [0, 0.1) is 12.8 Å². The zero-order chi connectivity index (χ0) is 15.8. The Kier molecular flexibility index (Phi) is 4.02. The van der Waals surface area contributed by atoms with Gasteiger partial charge in [0.05, 0.1) is 16.4 Å². The zero-order valence-corrected chi connectivity index (χ0v) is 12.3. The van der Waals surface area contributed by atoms with Crippen molar-refractivity contribution < 1.29 is 23.1 Å². The van der Waals surface area contributed by atoms with Crippen molar-refractivity contribution in [2.75, 3.05) is 13.1 Å². The third kappa shape index (κ3) is 2.77. The maximum Gasteiger partial charge on any atom is 0.335 e. The van der Waals surface area contributed by atoms with E-state index < -0.39 is 27.8 Å². The average molecular weight is 312 g/mol. The second-order valence-electron chi connectivity index (χ2n) is 4.98. The lowest BCUT2D eigenvalue weighted by Crippen LogP contribution is -2.32. The molecular weight excluding hydrogens is 296 g/mol. The van der Waals surface area contributed by atoms with Crippen molar-refractivity contribution in [3.05, 3.63) is 29.3 Å². The normalized spacial score (nSPS) is 19.6. The maximum atomic E-state index is 12.6. The van der Waals surface area contributed by atoms with Gasteiger partial charge in [0.15, 0.2) is 0 Å². The summed E-state index contributed by atoms with van der Waals surface area (Å²) in [4.78, 5) is 22.2. The van der Waals surface area contributed by atoms with Crippen LogP contribution < -0.4 is 5.73 Å². The number of rotatable bonds is 4. The number of carboxylic acids is 1. The number of carbonyl (C=O) groups excluding carboxylic acids is 1. The lowest BCUT2D eigenvalue weighted by Gasteiger charge is -2.18. The highest BCUT2D eigenvalue weighted by Gasteiger charge is 2.36. The summed E-state index contributed by atoms with van der Waals surface area (Å²) < 4.78 is 26.3. The number of carbonyl (C=O) groups is 2. The summed E-state index contributed by atoms with van der Waals surface area (Å²) in [5, 5.41) is 9.07. The minimum Gasteiger partial charge on any atom is -0.478 e. The van der Waals surface area contributed by atoms with Gasteiger partial charge in [0.1, 0.15) is 0 Å². The van der Waals surface area contributed by atoms with Gasteiger partial charge < -0.3 is 10.8 Å². The van der Waals surface area contributed by atoms with Gasteiger partial charge in [-0.25, -0.2) is 13.2 Å². The first-order valence-corrected chi connectivity index (χ1v) is 7.81. The predicted octanol–water partition coefficient (Wildman–Crippen LogP) is 0.189. The van der Waals surface area contributed by atoms with Gasteiger partial charge in [0.2, 0.25) is 15.9 Å². The molecule has 0 spiro atoms. The second-order valence-corrected chi connectivity index (χ2v) is 6.89. The topological polar surface area (TPSA) is 118 Å². The SMILES string of the molecule is Cc1c(C(=O)O)cccc1S(=O)(=O)N1CCC(C(N)=O)C1. The molecule has 1 saturated heterocycles. The van der Waals surface area contributed by atoms with E-state index in [1.54, 1.807) is 0 Å². The number of aromatic carboxylic acids is 1. The number of primary amides is 1. The number of hydrogen-bond donors (Lipinski definition) is 2. The molecule has 0 bridgehead atoms. The van der Waals surface area contributed by atoms with E-state index in [1.807, 2.05) is 0 Å². The standard InChI is InChI=1S/C13H16N2O5S/c1-8-10(13(17)18)3-2-4-11(8)21(19,20)15-6-5-9(7-15)12(14)16/h2-4,9H,5-7H2,1H3,(H2,14,16)(H,17,18). The van der Waals surface area contributed by atoms with Gasteiger partial charge in [0, 0.05) is 13.1 Å². The molecule has 2 rings (SSSR count). The summed E-state index contributed by atoms with van der Waals surface area (Å²) in [6, 6.07) is 4.12. The molecule has 1 amide bonds. The van der Waals surface area contributed by atoms with Gasteiger partial charge in [0.25, 0.3) is 0 Å². The molecule has 8 heteroatoms. The molecule has 1 aliphatic heterocycles. The summed E-state index contributed by atoms with van der Waals surface area (Å²) in [6.45, 7) is 1.69. The molecule has 21 heavy (non-hydrogen) atoms. The monoisotopic (exact) mass is 312 g/mol. The fraction of sp³-hybridized carbons (Fsp3) is 0.385. The molecule has 0 radical (unpaired) electrons. The Hall–Kier alpha value is -1.93. The third-order valence-electron chi connectivity index (χ3n) is 3.69. The van der Waals surface area contributed by atoms with Crippen LogP contribution in [0.4, 0.5) is 0 Å². The van der Waals surface area contributed by atoms with Crippen LogP contribution in [0.5, 0.6) is 0 Å². The molecule has 0 aromatic heterocycles. The minimum absolute atomic E-state index is 0.0361. The molecule has 3 N–H and O–H groups in total. The number of nitrogens with zero attached hydrogens (tertiary/aromatic N) is 1. The van der Waals surface area contributed by atoms with E-state index in [0.29, 0.717) is 6.42 Å². The molecule has 1 atom stereocenters. The Bertz CT molecular complexity index is 699. The molecule has 1 aromatic rings. The van der Waals surface area contributed by atoms with Crippen molar-refractivity contribution >= 4 is 21.9 Å². The second kappa shape index (κ2) is 5.45. The van der Waals surface area contributed by atoms with Gasteiger partial charge in [-0.2, -0.15) is 4.31 Å². The van der Waals surface area contributed by atoms with Crippen LogP contribution in [0.15, 0.2) is 23.1 Å². The largest absolute Gasteiger partial charge is 0.478 e. The fourth-order valence-electron chi connectivity index (χ4n) is 2.44. The molecule has 0 saturated carbocycles. The number of sulfonamides is 1. The van der Waals surface area contributed by atoms with Crippen LogP contribution in [0.25, 0.3) is 0 Å². The van der Waals surface area contributed by atoms with Crippen LogP contribution >= 0.6 is 0 Å². The van der Waals surface area contributed by atoms with E-state index in [-0.39, 0.29) is 29.1 Å². The Labute approximate surface area is 122 Å². The number of benzene rings is 1. The van der Waals surface area contributed by atoms with Gasteiger partial charge in [-0.1, -0.05) is 6.07 Å². The molecule has 1 aliphatic rings. The first-order chi connectivity index (χ1) is 9.75. The highest BCUT2D eigenvalue weighted by Crippen LogP contribution is 2.27. The highest BCUT2D eigenvalue weighted by molar-refractivity contribution is 7.89. The summed E-state index contributed by atoms with van der Waals surface area (Å²) >= 11 is 0. The number of amides is 1. The van der Waals surface area contributed by atoms with E-state index in [9.17, 15) is 18.0 Å². The van der Waals surface area contributed by atoms with Crippen LogP contribution in [0.1, 0.15) is 22.3 Å². The third-order valence-corrected chi connectivity index (χ3v) is 5.70. The smallest absolute Gasteiger partial charge is 0.335 e. The van der Waals surface area contributed by atoms with Crippen molar-refractivity contribution in [3.63, 3.8) is 0 Å². The summed E-state index contributed by atoms with van der Waals surface area (Å²) in [7, 11) is -3.83. The Balaban J connectivity index is 2.40. The summed E-state index contributed by atoms with van der Waals surface area (Å²) in [5.74, 6) is -2.20. The Morgan fingerprint density at radius 2 is 2.05 bits per heavy atom. The van der Waals surface area contributed by atoms with Crippen molar-refractivity contribution in [3.8, 4) is 0 Å². The lowest BCUT2D eigenvalue weighted by atomic mass is 10.1. The minimum atomic E-state index is -3.83.